The molecule has 186 valence electrons. The zero-order valence-electron chi connectivity index (χ0n) is 19.7. The number of carbonyl (C=O) groups excluding carboxylic acids is 1. The van der Waals surface area contributed by atoms with Gasteiger partial charge in [0.2, 0.25) is 5.16 Å². The summed E-state index contributed by atoms with van der Waals surface area (Å²) in [6, 6.07) is 7.16. The second kappa shape index (κ2) is 8.95. The van der Waals surface area contributed by atoms with Gasteiger partial charge in [-0.1, -0.05) is 11.6 Å². The predicted molar refractivity (Wildman–Crippen MR) is 136 cm³/mol. The monoisotopic (exact) mass is 525 g/mol. The Labute approximate surface area is 214 Å². The predicted octanol–water partition coefficient (Wildman–Crippen LogP) is 4.59. The highest BCUT2D eigenvalue weighted by atomic mass is 35.5. The molecule has 0 saturated heterocycles. The van der Waals surface area contributed by atoms with Gasteiger partial charge in [-0.2, -0.15) is 0 Å². The van der Waals surface area contributed by atoms with E-state index in [4.69, 9.17) is 20.8 Å². The average Bonchev–Trinajstić information content (AvgIpc) is 3.60. The minimum atomic E-state index is -1.65. The molecule has 0 fully saturated rings. The number of halogens is 1. The molecule has 0 amide bonds. The Hall–Kier alpha value is -3.34. The number of carbonyl (C=O) groups is 1. The summed E-state index contributed by atoms with van der Waals surface area (Å²) >= 11 is 6.17. The Kier molecular flexibility index (Phi) is 5.74. The third kappa shape index (κ3) is 3.76. The van der Waals surface area contributed by atoms with Gasteiger partial charge in [0.15, 0.2) is 15.9 Å². The summed E-state index contributed by atoms with van der Waals surface area (Å²) in [5, 5.41) is 7.98. The molecule has 11 heteroatoms. The summed E-state index contributed by atoms with van der Waals surface area (Å²) in [6.07, 6.45) is 2.63. The van der Waals surface area contributed by atoms with E-state index in [9.17, 15) is 9.00 Å². The van der Waals surface area contributed by atoms with Gasteiger partial charge < -0.3 is 29.8 Å². The third-order valence-electron chi connectivity index (χ3n) is 6.55. The number of esters is 1. The van der Waals surface area contributed by atoms with Gasteiger partial charge in [0.05, 0.1) is 29.2 Å². The van der Waals surface area contributed by atoms with E-state index in [2.05, 4.69) is 25.6 Å². The lowest BCUT2D eigenvalue weighted by Gasteiger charge is -2.32. The first-order valence-electron chi connectivity index (χ1n) is 11.7. The van der Waals surface area contributed by atoms with Crippen LogP contribution in [0.1, 0.15) is 46.6 Å². The Morgan fingerprint density at radius 3 is 3.03 bits per heavy atom. The van der Waals surface area contributed by atoms with Crippen molar-refractivity contribution in [3.63, 3.8) is 0 Å². The van der Waals surface area contributed by atoms with Crippen LogP contribution in [0.15, 0.2) is 56.4 Å². The molecular formula is C25H24ClN5O4S. The van der Waals surface area contributed by atoms with Gasteiger partial charge in [-0.25, -0.2) is 14.0 Å². The van der Waals surface area contributed by atoms with Crippen molar-refractivity contribution in [1.29, 1.82) is 0 Å². The molecule has 2 aliphatic heterocycles. The molecule has 1 aromatic carbocycles. The maximum atomic E-state index is 13.4. The standard InChI is InChI=1S/C25H24ClN5O4S/c1-3-34-24(32)23-22-15(10-28-23)20(14-6-7-27-11-17(14)29-22)18-4-5-19(35-18)36(33)25-30-16-9-13(26)8-12(2)21(16)31-25/h4-5,8-10,20,27-29H,3,6-7,11H2,1-2H3,(H,30,31). The molecule has 0 saturated carbocycles. The Morgan fingerprint density at radius 1 is 1.33 bits per heavy atom. The van der Waals surface area contributed by atoms with Gasteiger partial charge in [-0.05, 0) is 62.2 Å². The summed E-state index contributed by atoms with van der Waals surface area (Å²) in [5.41, 5.74) is 6.48. The number of aryl methyl sites for hydroxylation is 1. The van der Waals surface area contributed by atoms with Gasteiger partial charge in [-0.3, -0.25) is 0 Å². The number of hydrogen-bond acceptors (Lipinski definition) is 7. The van der Waals surface area contributed by atoms with Crippen molar-refractivity contribution in [2.75, 3.05) is 25.0 Å². The number of ether oxygens (including phenoxy) is 1. The van der Waals surface area contributed by atoms with Crippen molar-refractivity contribution < 1.29 is 18.2 Å². The topological polar surface area (TPSA) is 125 Å². The number of fused-ring (bicyclic) bond motifs is 2. The molecule has 5 heterocycles. The first kappa shape index (κ1) is 23.1. The fraction of sp³-hybridized carbons (Fsp3) is 0.280. The molecule has 36 heavy (non-hydrogen) atoms. The van der Waals surface area contributed by atoms with Gasteiger partial charge in [0, 0.05) is 29.0 Å². The second-order valence-electron chi connectivity index (χ2n) is 8.79. The zero-order valence-corrected chi connectivity index (χ0v) is 21.2. The quantitative estimate of drug-likeness (QED) is 0.281. The molecule has 0 spiro atoms. The van der Waals surface area contributed by atoms with Crippen LogP contribution in [0.5, 0.6) is 0 Å². The maximum Gasteiger partial charge on any atom is 0.356 e. The van der Waals surface area contributed by atoms with E-state index in [1.807, 2.05) is 25.3 Å². The van der Waals surface area contributed by atoms with Crippen LogP contribution in [-0.2, 0) is 15.5 Å². The molecule has 4 aromatic rings. The van der Waals surface area contributed by atoms with Crippen molar-refractivity contribution >= 4 is 45.1 Å². The van der Waals surface area contributed by atoms with Gasteiger partial charge >= 0.3 is 5.97 Å². The fourth-order valence-electron chi connectivity index (χ4n) is 4.97. The lowest BCUT2D eigenvalue weighted by atomic mass is 9.82. The number of benzene rings is 1. The molecule has 6 rings (SSSR count). The number of nitrogens with one attached hydrogen (secondary N) is 4. The number of nitrogens with zero attached hydrogens (tertiary/aromatic N) is 1. The molecule has 2 aliphatic rings. The highest BCUT2D eigenvalue weighted by molar-refractivity contribution is 7.84. The maximum absolute atomic E-state index is 13.4. The van der Waals surface area contributed by atoms with Crippen LogP contribution in [-0.4, -0.2) is 44.8 Å². The lowest BCUT2D eigenvalue weighted by molar-refractivity contribution is 0.0521. The van der Waals surface area contributed by atoms with Gasteiger partial charge in [0.1, 0.15) is 11.5 Å². The summed E-state index contributed by atoms with van der Waals surface area (Å²) < 4.78 is 24.8. The van der Waals surface area contributed by atoms with Crippen molar-refractivity contribution in [1.82, 2.24) is 20.3 Å². The van der Waals surface area contributed by atoms with E-state index in [0.717, 1.165) is 40.8 Å². The smallest absolute Gasteiger partial charge is 0.356 e. The number of furan rings is 1. The van der Waals surface area contributed by atoms with Crippen LogP contribution in [0.4, 0.5) is 5.69 Å². The Morgan fingerprint density at radius 2 is 2.19 bits per heavy atom. The van der Waals surface area contributed by atoms with Crippen LogP contribution in [0.2, 0.25) is 5.02 Å². The minimum Gasteiger partial charge on any atom is -0.461 e. The summed E-state index contributed by atoms with van der Waals surface area (Å²) in [4.78, 5) is 23.3. The van der Waals surface area contributed by atoms with Crippen LogP contribution >= 0.6 is 11.6 Å². The Balaban J connectivity index is 1.39. The average molecular weight is 526 g/mol. The first-order valence-corrected chi connectivity index (χ1v) is 13.2. The molecule has 2 atom stereocenters. The molecule has 0 bridgehead atoms. The Bertz CT molecular complexity index is 1570. The first-order chi connectivity index (χ1) is 17.4. The summed E-state index contributed by atoms with van der Waals surface area (Å²) in [6.45, 7) is 5.46. The molecule has 0 radical (unpaired) electrons. The third-order valence-corrected chi connectivity index (χ3v) is 7.90. The molecule has 2 unspecified atom stereocenters. The van der Waals surface area contributed by atoms with Crippen LogP contribution < -0.4 is 10.6 Å². The highest BCUT2D eigenvalue weighted by Crippen LogP contribution is 2.46. The number of aromatic nitrogens is 3. The highest BCUT2D eigenvalue weighted by Gasteiger charge is 2.36. The number of rotatable bonds is 5. The summed E-state index contributed by atoms with van der Waals surface area (Å²) in [7, 11) is -1.65. The molecule has 4 N–H and O–H groups in total. The van der Waals surface area contributed by atoms with E-state index < -0.39 is 16.8 Å². The van der Waals surface area contributed by atoms with Gasteiger partial charge in [0.25, 0.3) is 0 Å². The van der Waals surface area contributed by atoms with Crippen LogP contribution in [0.3, 0.4) is 0 Å². The van der Waals surface area contributed by atoms with Gasteiger partial charge in [-0.15, -0.1) is 0 Å². The minimum absolute atomic E-state index is 0.222. The molecule has 3 aromatic heterocycles. The van der Waals surface area contributed by atoms with E-state index in [1.165, 1.54) is 5.57 Å². The number of H-pyrrole nitrogens is 2. The largest absolute Gasteiger partial charge is 0.461 e. The van der Waals surface area contributed by atoms with E-state index in [-0.39, 0.29) is 12.5 Å². The van der Waals surface area contributed by atoms with E-state index in [1.54, 1.807) is 19.1 Å². The SMILES string of the molecule is CCOC(=O)c1[nH]cc2c1NC1=C(CCNC1)C2c1ccc(S(=O)c2nc3c(C)cc(Cl)cc3[nH]2)o1. The van der Waals surface area contributed by atoms with Crippen molar-refractivity contribution in [2.24, 2.45) is 0 Å². The fourth-order valence-corrected chi connectivity index (χ4v) is 6.17. The molecular weight excluding hydrogens is 502 g/mol. The number of imidazole rings is 1. The normalized spacial score (nSPS) is 18.0. The van der Waals surface area contributed by atoms with E-state index >= 15 is 0 Å². The van der Waals surface area contributed by atoms with Crippen LogP contribution in [0.25, 0.3) is 11.0 Å². The van der Waals surface area contributed by atoms with Crippen molar-refractivity contribution in [2.45, 2.75) is 36.4 Å². The second-order valence-corrected chi connectivity index (χ2v) is 10.6. The lowest BCUT2D eigenvalue weighted by Crippen LogP contribution is -2.33. The molecule has 0 aliphatic carbocycles. The number of hydrogen-bond donors (Lipinski definition) is 4. The van der Waals surface area contributed by atoms with E-state index in [0.29, 0.717) is 39.0 Å². The van der Waals surface area contributed by atoms with Crippen molar-refractivity contribution in [3.05, 3.63) is 69.3 Å². The molecule has 9 nitrogen and oxygen atoms in total. The zero-order chi connectivity index (χ0) is 25.0. The van der Waals surface area contributed by atoms with Crippen molar-refractivity contribution in [3.8, 4) is 0 Å². The number of aromatic amines is 2. The number of anilines is 1. The van der Waals surface area contributed by atoms with Crippen LogP contribution in [0, 0.1) is 6.92 Å². The summed E-state index contributed by atoms with van der Waals surface area (Å²) in [5.74, 6) is 0.0137.